The van der Waals surface area contributed by atoms with Crippen LogP contribution in [-0.4, -0.2) is 35.3 Å². The molecular weight excluding hydrogens is 218 g/mol. The van der Waals surface area contributed by atoms with Gasteiger partial charge in [0, 0.05) is 24.4 Å². The molecule has 0 aromatic heterocycles. The van der Waals surface area contributed by atoms with Crippen LogP contribution >= 0.6 is 11.8 Å². The summed E-state index contributed by atoms with van der Waals surface area (Å²) in [5, 5.41) is 12.8. The van der Waals surface area contributed by atoms with Crippen molar-refractivity contribution in [3.05, 3.63) is 0 Å². The zero-order valence-electron chi connectivity index (χ0n) is 11.1. The predicted molar refractivity (Wildman–Crippen MR) is 73.0 cm³/mol. The Balaban J connectivity index is 2.44. The quantitative estimate of drug-likeness (QED) is 0.780. The second kappa shape index (κ2) is 6.27. The molecule has 2 N–H and O–H groups in total. The van der Waals surface area contributed by atoms with E-state index in [1.54, 1.807) is 0 Å². The highest BCUT2D eigenvalue weighted by atomic mass is 32.2. The standard InChI is InChI=1S/C13H27NOS/c1-10(2)12(5-6-15)14-11-7-13(3,4)9-16-8-11/h10-12,14-15H,5-9H2,1-4H3. The average Bonchev–Trinajstić information content (AvgIpc) is 2.15. The molecule has 1 aliphatic rings. The first-order valence-electron chi connectivity index (χ1n) is 6.39. The van der Waals surface area contributed by atoms with Gasteiger partial charge in [-0.25, -0.2) is 0 Å². The van der Waals surface area contributed by atoms with Crippen LogP contribution in [0.25, 0.3) is 0 Å². The van der Waals surface area contributed by atoms with E-state index in [1.807, 2.05) is 0 Å². The molecule has 0 aromatic carbocycles. The largest absolute Gasteiger partial charge is 0.396 e. The van der Waals surface area contributed by atoms with Gasteiger partial charge in [-0.3, -0.25) is 0 Å². The summed E-state index contributed by atoms with van der Waals surface area (Å²) >= 11 is 2.06. The fourth-order valence-electron chi connectivity index (χ4n) is 2.42. The molecule has 1 fully saturated rings. The molecule has 1 aliphatic heterocycles. The second-order valence-electron chi connectivity index (χ2n) is 6.11. The van der Waals surface area contributed by atoms with Crippen molar-refractivity contribution in [1.82, 2.24) is 5.32 Å². The average molecular weight is 245 g/mol. The minimum Gasteiger partial charge on any atom is -0.396 e. The van der Waals surface area contributed by atoms with Crippen LogP contribution in [0.4, 0.5) is 0 Å². The molecule has 0 spiro atoms. The molecule has 0 aromatic rings. The molecule has 2 atom stereocenters. The zero-order chi connectivity index (χ0) is 12.2. The smallest absolute Gasteiger partial charge is 0.0445 e. The Labute approximate surface area is 105 Å². The van der Waals surface area contributed by atoms with Crippen molar-refractivity contribution in [2.75, 3.05) is 18.1 Å². The van der Waals surface area contributed by atoms with Crippen molar-refractivity contribution in [2.24, 2.45) is 11.3 Å². The normalized spacial score (nSPS) is 27.0. The molecule has 1 saturated heterocycles. The van der Waals surface area contributed by atoms with Gasteiger partial charge < -0.3 is 10.4 Å². The lowest BCUT2D eigenvalue weighted by Gasteiger charge is -2.38. The van der Waals surface area contributed by atoms with E-state index in [0.717, 1.165) is 6.42 Å². The Hall–Kier alpha value is 0.270. The summed E-state index contributed by atoms with van der Waals surface area (Å²) in [6.45, 7) is 9.45. The number of aliphatic hydroxyl groups excluding tert-OH is 1. The van der Waals surface area contributed by atoms with Gasteiger partial charge in [0.2, 0.25) is 0 Å². The lowest BCUT2D eigenvalue weighted by Crippen LogP contribution is -2.47. The van der Waals surface area contributed by atoms with Gasteiger partial charge in [-0.1, -0.05) is 27.7 Å². The van der Waals surface area contributed by atoms with Crippen molar-refractivity contribution in [2.45, 2.75) is 52.6 Å². The first-order valence-corrected chi connectivity index (χ1v) is 7.55. The van der Waals surface area contributed by atoms with Crippen molar-refractivity contribution in [3.63, 3.8) is 0 Å². The summed E-state index contributed by atoms with van der Waals surface area (Å²) < 4.78 is 0. The Morgan fingerprint density at radius 1 is 1.44 bits per heavy atom. The Morgan fingerprint density at radius 3 is 2.62 bits per heavy atom. The second-order valence-corrected chi connectivity index (χ2v) is 7.14. The molecule has 16 heavy (non-hydrogen) atoms. The molecule has 0 saturated carbocycles. The van der Waals surface area contributed by atoms with Crippen molar-refractivity contribution < 1.29 is 5.11 Å². The minimum absolute atomic E-state index is 0.291. The zero-order valence-corrected chi connectivity index (χ0v) is 11.9. The Kier molecular flexibility index (Phi) is 5.62. The molecule has 0 amide bonds. The van der Waals surface area contributed by atoms with E-state index in [-0.39, 0.29) is 0 Å². The third-order valence-electron chi connectivity index (χ3n) is 3.31. The van der Waals surface area contributed by atoms with Gasteiger partial charge in [-0.2, -0.15) is 11.8 Å². The minimum atomic E-state index is 0.291. The Bertz CT molecular complexity index is 206. The summed E-state index contributed by atoms with van der Waals surface area (Å²) in [6, 6.07) is 1.08. The van der Waals surface area contributed by atoms with Crippen molar-refractivity contribution in [1.29, 1.82) is 0 Å². The van der Waals surface area contributed by atoms with E-state index in [4.69, 9.17) is 5.11 Å². The van der Waals surface area contributed by atoms with Gasteiger partial charge >= 0.3 is 0 Å². The van der Waals surface area contributed by atoms with Crippen LogP contribution in [0.1, 0.15) is 40.5 Å². The molecule has 2 unspecified atom stereocenters. The summed E-state index contributed by atoms with van der Waals surface area (Å²) in [5.41, 5.74) is 0.460. The monoisotopic (exact) mass is 245 g/mol. The van der Waals surface area contributed by atoms with E-state index in [0.29, 0.717) is 30.0 Å². The van der Waals surface area contributed by atoms with Crippen LogP contribution in [0.3, 0.4) is 0 Å². The van der Waals surface area contributed by atoms with E-state index in [2.05, 4.69) is 44.8 Å². The molecule has 0 radical (unpaired) electrons. The van der Waals surface area contributed by atoms with Gasteiger partial charge in [-0.15, -0.1) is 0 Å². The molecule has 96 valence electrons. The molecule has 1 rings (SSSR count). The summed E-state index contributed by atoms with van der Waals surface area (Å²) in [6.07, 6.45) is 2.13. The topological polar surface area (TPSA) is 32.3 Å². The molecule has 2 nitrogen and oxygen atoms in total. The molecule has 1 heterocycles. The third kappa shape index (κ3) is 4.64. The van der Waals surface area contributed by atoms with Gasteiger partial charge in [0.1, 0.15) is 0 Å². The van der Waals surface area contributed by atoms with Crippen LogP contribution < -0.4 is 5.32 Å². The van der Waals surface area contributed by atoms with E-state index < -0.39 is 0 Å². The number of rotatable bonds is 5. The van der Waals surface area contributed by atoms with Crippen LogP contribution in [0.15, 0.2) is 0 Å². The van der Waals surface area contributed by atoms with Crippen LogP contribution in [0.5, 0.6) is 0 Å². The molecule has 3 heteroatoms. The highest BCUT2D eigenvalue weighted by molar-refractivity contribution is 7.99. The first kappa shape index (κ1) is 14.3. The van der Waals surface area contributed by atoms with E-state index in [9.17, 15) is 0 Å². The number of nitrogens with one attached hydrogen (secondary N) is 1. The van der Waals surface area contributed by atoms with Gasteiger partial charge in [0.05, 0.1) is 0 Å². The first-order chi connectivity index (χ1) is 7.44. The van der Waals surface area contributed by atoms with Crippen LogP contribution in [0.2, 0.25) is 0 Å². The van der Waals surface area contributed by atoms with Gasteiger partial charge in [-0.05, 0) is 29.9 Å². The number of hydrogen-bond donors (Lipinski definition) is 2. The number of thioether (sulfide) groups is 1. The van der Waals surface area contributed by atoms with Crippen molar-refractivity contribution in [3.8, 4) is 0 Å². The third-order valence-corrected chi connectivity index (χ3v) is 4.93. The lowest BCUT2D eigenvalue weighted by atomic mass is 9.87. The van der Waals surface area contributed by atoms with E-state index >= 15 is 0 Å². The number of aliphatic hydroxyl groups is 1. The van der Waals surface area contributed by atoms with Crippen LogP contribution in [0, 0.1) is 11.3 Å². The van der Waals surface area contributed by atoms with Gasteiger partial charge in [0.25, 0.3) is 0 Å². The Morgan fingerprint density at radius 2 is 2.12 bits per heavy atom. The fourth-order valence-corrected chi connectivity index (χ4v) is 3.71. The van der Waals surface area contributed by atoms with Gasteiger partial charge in [0.15, 0.2) is 0 Å². The predicted octanol–water partition coefficient (Wildman–Crippen LogP) is 2.51. The number of hydrogen-bond acceptors (Lipinski definition) is 3. The molecule has 0 aliphatic carbocycles. The maximum absolute atomic E-state index is 9.07. The van der Waals surface area contributed by atoms with Crippen molar-refractivity contribution >= 4 is 11.8 Å². The maximum atomic E-state index is 9.07. The molecule has 0 bridgehead atoms. The fraction of sp³-hybridized carbons (Fsp3) is 1.00. The summed E-state index contributed by atoms with van der Waals surface area (Å²) in [7, 11) is 0. The SMILES string of the molecule is CC(C)C(CCO)NC1CSCC(C)(C)C1. The maximum Gasteiger partial charge on any atom is 0.0445 e. The highest BCUT2D eigenvalue weighted by Crippen LogP contribution is 2.33. The van der Waals surface area contributed by atoms with Crippen LogP contribution in [-0.2, 0) is 0 Å². The van der Waals surface area contributed by atoms with E-state index in [1.165, 1.54) is 17.9 Å². The molecular formula is C13H27NOS. The summed E-state index contributed by atoms with van der Waals surface area (Å²) in [4.78, 5) is 0. The lowest BCUT2D eigenvalue weighted by molar-refractivity contribution is 0.221. The summed E-state index contributed by atoms with van der Waals surface area (Å²) in [5.74, 6) is 3.09. The highest BCUT2D eigenvalue weighted by Gasteiger charge is 2.29.